The van der Waals surface area contributed by atoms with E-state index in [9.17, 15) is 20.1 Å². The zero-order chi connectivity index (χ0) is 35.3. The number of aryl methyl sites for hydroxylation is 1. The van der Waals surface area contributed by atoms with Gasteiger partial charge >= 0.3 is 0 Å². The summed E-state index contributed by atoms with van der Waals surface area (Å²) >= 11 is 0. The summed E-state index contributed by atoms with van der Waals surface area (Å²) in [5.74, 6) is 0.428. The van der Waals surface area contributed by atoms with Crippen molar-refractivity contribution in [2.24, 2.45) is 5.41 Å². The zero-order valence-electron chi connectivity index (χ0n) is 29.7. The Bertz CT molecular complexity index is 1930. The molecule has 2 aliphatic heterocycles. The molecule has 9 heteroatoms. The number of rotatable bonds is 8. The molecule has 9 nitrogen and oxygen atoms in total. The summed E-state index contributed by atoms with van der Waals surface area (Å²) in [5.41, 5.74) is 6.52. The fraction of sp³-hybridized carbons (Fsp3) is 0.452. The van der Waals surface area contributed by atoms with Gasteiger partial charge in [-0.15, -0.1) is 0 Å². The lowest BCUT2D eigenvalue weighted by Crippen LogP contribution is -2.44. The number of benzene rings is 3. The first-order valence-electron chi connectivity index (χ1n) is 18.6. The molecular weight excluding hydrogens is 642 g/mol. The SMILES string of the molecule is COc1c(O)c(CCc2cccc(-c3cc([C@@]4(C)CCCC45CCCC5)[nH]c3N3CCNCC3)c2)c2c(c1O)C(=O)CC(c1ccc(O)cc1)O2. The lowest BCUT2D eigenvalue weighted by atomic mass is 9.64. The van der Waals surface area contributed by atoms with Gasteiger partial charge in [0.1, 0.15) is 29.0 Å². The molecule has 2 saturated carbocycles. The number of Topliss-reactive ketones (excluding diaryl/α,β-unsaturated/α-hetero) is 1. The third-order valence-corrected chi connectivity index (χ3v) is 12.6. The van der Waals surface area contributed by atoms with Crippen molar-refractivity contribution in [3.8, 4) is 39.9 Å². The van der Waals surface area contributed by atoms with Crippen molar-refractivity contribution in [3.63, 3.8) is 0 Å². The highest BCUT2D eigenvalue weighted by atomic mass is 16.5. The van der Waals surface area contributed by atoms with E-state index in [-0.39, 0.29) is 46.2 Å². The Labute approximate surface area is 299 Å². The monoisotopic (exact) mass is 691 g/mol. The van der Waals surface area contributed by atoms with Gasteiger partial charge in [-0.05, 0) is 78.8 Å². The fourth-order valence-corrected chi connectivity index (χ4v) is 9.73. The number of phenols is 3. The first-order valence-corrected chi connectivity index (χ1v) is 18.6. The molecule has 0 amide bonds. The molecule has 51 heavy (non-hydrogen) atoms. The molecule has 1 aromatic heterocycles. The molecule has 2 atom stereocenters. The van der Waals surface area contributed by atoms with E-state index in [1.165, 1.54) is 69.1 Å². The number of phenolic OH excluding ortho intramolecular Hbond substituents is 3. The molecule has 3 aromatic carbocycles. The molecule has 1 saturated heterocycles. The van der Waals surface area contributed by atoms with Crippen molar-refractivity contribution >= 4 is 11.6 Å². The maximum Gasteiger partial charge on any atom is 0.204 e. The second-order valence-corrected chi connectivity index (χ2v) is 15.3. The summed E-state index contributed by atoms with van der Waals surface area (Å²) in [4.78, 5) is 20.0. The highest BCUT2D eigenvalue weighted by molar-refractivity contribution is 6.04. The Morgan fingerprint density at radius 1 is 0.922 bits per heavy atom. The number of H-pyrrole nitrogens is 1. The van der Waals surface area contributed by atoms with Crippen LogP contribution in [-0.4, -0.2) is 59.4 Å². The van der Waals surface area contributed by atoms with Gasteiger partial charge in [0, 0.05) is 48.4 Å². The summed E-state index contributed by atoms with van der Waals surface area (Å²) in [5, 5.41) is 35.7. The van der Waals surface area contributed by atoms with Crippen molar-refractivity contribution in [2.45, 2.75) is 82.7 Å². The van der Waals surface area contributed by atoms with Gasteiger partial charge in [-0.1, -0.05) is 62.6 Å². The van der Waals surface area contributed by atoms with Crippen LogP contribution in [0.2, 0.25) is 0 Å². The molecule has 5 N–H and O–H groups in total. The minimum atomic E-state index is -0.629. The van der Waals surface area contributed by atoms with Crippen LogP contribution in [0.3, 0.4) is 0 Å². The molecule has 4 aliphatic rings. The highest BCUT2D eigenvalue weighted by Crippen LogP contribution is 2.62. The minimum Gasteiger partial charge on any atom is -0.508 e. The Balaban J connectivity index is 1.13. The number of methoxy groups -OCH3 is 1. The van der Waals surface area contributed by atoms with Crippen molar-refractivity contribution in [1.29, 1.82) is 0 Å². The number of nitrogens with zero attached hydrogens (tertiary/aromatic N) is 1. The highest BCUT2D eigenvalue weighted by Gasteiger charge is 2.54. The van der Waals surface area contributed by atoms with E-state index >= 15 is 0 Å². The number of nitrogens with one attached hydrogen (secondary N) is 2. The first kappa shape index (κ1) is 33.5. The molecule has 3 heterocycles. The Kier molecular flexibility index (Phi) is 8.65. The van der Waals surface area contributed by atoms with Crippen LogP contribution in [0.4, 0.5) is 5.82 Å². The largest absolute Gasteiger partial charge is 0.508 e. The van der Waals surface area contributed by atoms with Crippen LogP contribution in [0.5, 0.6) is 28.7 Å². The van der Waals surface area contributed by atoms with E-state index in [2.05, 4.69) is 52.5 Å². The lowest BCUT2D eigenvalue weighted by Gasteiger charge is -2.41. The standard InChI is InChI=1S/C42H49N3O6/c1-41(15-6-18-42(41)16-3-4-17-42)34-24-31(40(44-34)45-21-19-43-20-22-45)28-8-5-7-26(23-28)9-14-30-36(48)39(50-2)37(49)35-32(47)25-33(51-38(30)35)27-10-12-29(46)13-11-27/h5,7-8,10-13,23-24,33,43-44,46,48-49H,3-4,6,9,14-22,25H2,1-2H3/t33?,41-/m1/s1. The predicted molar refractivity (Wildman–Crippen MR) is 198 cm³/mol. The van der Waals surface area contributed by atoms with Crippen LogP contribution in [0.1, 0.15) is 97.1 Å². The first-order chi connectivity index (χ1) is 24.7. The Morgan fingerprint density at radius 3 is 2.41 bits per heavy atom. The van der Waals surface area contributed by atoms with E-state index in [1.807, 2.05) is 0 Å². The number of ketones is 1. The number of aromatic nitrogens is 1. The van der Waals surface area contributed by atoms with E-state index in [0.717, 1.165) is 42.9 Å². The van der Waals surface area contributed by atoms with Crippen molar-refractivity contribution in [2.75, 3.05) is 38.2 Å². The number of hydrogen-bond donors (Lipinski definition) is 5. The molecule has 3 fully saturated rings. The molecule has 2 aliphatic carbocycles. The van der Waals surface area contributed by atoms with Gasteiger partial charge in [-0.2, -0.15) is 0 Å². The Morgan fingerprint density at radius 2 is 1.67 bits per heavy atom. The van der Waals surface area contributed by atoms with E-state index in [1.54, 1.807) is 24.3 Å². The Hall–Kier alpha value is -4.63. The molecule has 1 spiro atoms. The average Bonchev–Trinajstić information content (AvgIpc) is 3.89. The van der Waals surface area contributed by atoms with Crippen molar-refractivity contribution < 1.29 is 29.6 Å². The average molecular weight is 692 g/mol. The van der Waals surface area contributed by atoms with Crippen LogP contribution >= 0.6 is 0 Å². The van der Waals surface area contributed by atoms with Crippen LogP contribution in [0.15, 0.2) is 54.6 Å². The van der Waals surface area contributed by atoms with Gasteiger partial charge in [0.25, 0.3) is 0 Å². The summed E-state index contributed by atoms with van der Waals surface area (Å²) < 4.78 is 11.8. The van der Waals surface area contributed by atoms with E-state index < -0.39 is 11.9 Å². The molecule has 1 unspecified atom stereocenters. The lowest BCUT2D eigenvalue weighted by molar-refractivity contribution is 0.0840. The molecule has 0 radical (unpaired) electrons. The second kappa shape index (κ2) is 13.2. The molecule has 0 bridgehead atoms. The zero-order valence-corrected chi connectivity index (χ0v) is 29.7. The van der Waals surface area contributed by atoms with Crippen LogP contribution < -0.4 is 19.7 Å². The maximum absolute atomic E-state index is 13.5. The van der Waals surface area contributed by atoms with Gasteiger partial charge in [0.15, 0.2) is 17.3 Å². The van der Waals surface area contributed by atoms with Crippen LogP contribution in [0.25, 0.3) is 11.1 Å². The summed E-state index contributed by atoms with van der Waals surface area (Å²) in [7, 11) is 1.36. The third kappa shape index (κ3) is 5.70. The van der Waals surface area contributed by atoms with Gasteiger partial charge in [-0.3, -0.25) is 4.79 Å². The number of aromatic hydroxyl groups is 3. The number of carbonyl (C=O) groups is 1. The van der Waals surface area contributed by atoms with Crippen molar-refractivity contribution in [3.05, 3.63) is 82.5 Å². The molecular formula is C42H49N3O6. The topological polar surface area (TPSA) is 127 Å². The number of hydrogen-bond acceptors (Lipinski definition) is 8. The van der Waals surface area contributed by atoms with Crippen LogP contribution in [-0.2, 0) is 18.3 Å². The number of aromatic amines is 1. The third-order valence-electron chi connectivity index (χ3n) is 12.6. The predicted octanol–water partition coefficient (Wildman–Crippen LogP) is 7.71. The van der Waals surface area contributed by atoms with Gasteiger partial charge in [0.2, 0.25) is 5.75 Å². The smallest absolute Gasteiger partial charge is 0.204 e. The number of ether oxygens (including phenoxy) is 2. The van der Waals surface area contributed by atoms with Gasteiger partial charge < -0.3 is 40.0 Å². The van der Waals surface area contributed by atoms with E-state index in [4.69, 9.17) is 9.47 Å². The maximum atomic E-state index is 13.5. The molecule has 4 aromatic rings. The number of piperazine rings is 1. The summed E-state index contributed by atoms with van der Waals surface area (Å²) in [6.07, 6.45) is 9.42. The molecule has 8 rings (SSSR count). The number of carbonyl (C=O) groups excluding carboxylic acids is 1. The van der Waals surface area contributed by atoms with Gasteiger partial charge in [0.05, 0.1) is 13.5 Å². The number of fused-ring (bicyclic) bond motifs is 1. The quantitative estimate of drug-likeness (QED) is 0.127. The normalized spacial score (nSPS) is 22.7. The summed E-state index contributed by atoms with van der Waals surface area (Å²) in [6.45, 7) is 6.32. The van der Waals surface area contributed by atoms with E-state index in [0.29, 0.717) is 23.8 Å². The number of anilines is 1. The minimum absolute atomic E-state index is 0.00891. The molecule has 268 valence electrons. The van der Waals surface area contributed by atoms with Crippen LogP contribution in [0, 0.1) is 5.41 Å². The van der Waals surface area contributed by atoms with Gasteiger partial charge in [-0.25, -0.2) is 0 Å². The fourth-order valence-electron chi connectivity index (χ4n) is 9.73. The van der Waals surface area contributed by atoms with Crippen molar-refractivity contribution in [1.82, 2.24) is 10.3 Å². The summed E-state index contributed by atoms with van der Waals surface area (Å²) in [6, 6.07) is 17.6. The second-order valence-electron chi connectivity index (χ2n) is 15.3.